The minimum atomic E-state index is -0.554. The number of aliphatic hydroxyl groups excluding tert-OH is 1. The summed E-state index contributed by atoms with van der Waals surface area (Å²) in [4.78, 5) is 23.5. The summed E-state index contributed by atoms with van der Waals surface area (Å²) in [5, 5.41) is 11.7. The van der Waals surface area contributed by atoms with Crippen molar-refractivity contribution >= 4 is 40.5 Å². The van der Waals surface area contributed by atoms with Crippen molar-refractivity contribution in [2.75, 3.05) is 37.0 Å². The van der Waals surface area contributed by atoms with Gasteiger partial charge in [0.1, 0.15) is 0 Å². The number of imidazole rings is 1. The summed E-state index contributed by atoms with van der Waals surface area (Å²) in [6.45, 7) is 2.40. The molecule has 2 heterocycles. The van der Waals surface area contributed by atoms with Gasteiger partial charge in [-0.25, -0.2) is 9.78 Å². The first-order valence-electron chi connectivity index (χ1n) is 10.1. The van der Waals surface area contributed by atoms with E-state index in [1.807, 2.05) is 18.2 Å². The molecule has 1 aliphatic rings. The number of aliphatic hydroxyl groups is 1. The van der Waals surface area contributed by atoms with E-state index in [4.69, 9.17) is 5.11 Å². The zero-order valence-corrected chi connectivity index (χ0v) is 17.7. The number of piperidine rings is 1. The molecule has 2 aromatic carbocycles. The lowest BCUT2D eigenvalue weighted by molar-refractivity contribution is 0.186. The average Bonchev–Trinajstić information content (AvgIpc) is 3.16. The molecule has 0 radical (unpaired) electrons. The highest BCUT2D eigenvalue weighted by Crippen LogP contribution is 2.32. The van der Waals surface area contributed by atoms with Gasteiger partial charge >= 0.3 is 6.09 Å². The number of hydrogen-bond donors (Lipinski definition) is 3. The Balaban J connectivity index is 1.39. The molecule has 1 aromatic heterocycles. The molecule has 0 unspecified atom stereocenters. The fourth-order valence-electron chi connectivity index (χ4n) is 3.78. The number of rotatable bonds is 6. The van der Waals surface area contributed by atoms with Crippen LogP contribution >= 0.6 is 11.8 Å². The largest absolute Gasteiger partial charge is 0.453 e. The van der Waals surface area contributed by atoms with Crippen LogP contribution in [0, 0.1) is 5.92 Å². The van der Waals surface area contributed by atoms with Gasteiger partial charge in [0.2, 0.25) is 5.95 Å². The summed E-state index contributed by atoms with van der Waals surface area (Å²) in [7, 11) is 1.32. The molecule has 158 valence electrons. The Bertz CT molecular complexity index is 997. The molecule has 1 amide bonds. The predicted octanol–water partition coefficient (Wildman–Crippen LogP) is 4.49. The number of amides is 1. The first-order valence-corrected chi connectivity index (χ1v) is 10.9. The SMILES string of the molecule is COC(=O)Nc1nc2ccc(Sc3ccc(N4CCC(CCO)CC4)cc3)cc2[nH]1. The monoisotopic (exact) mass is 426 g/mol. The maximum absolute atomic E-state index is 11.3. The number of H-pyrrole nitrogens is 1. The first-order chi connectivity index (χ1) is 14.6. The Morgan fingerprint density at radius 3 is 2.67 bits per heavy atom. The Kier molecular flexibility index (Phi) is 6.44. The number of nitrogens with one attached hydrogen (secondary N) is 2. The molecule has 1 saturated heterocycles. The van der Waals surface area contributed by atoms with Crippen LogP contribution < -0.4 is 10.2 Å². The average molecular weight is 427 g/mol. The molecule has 0 saturated carbocycles. The van der Waals surface area contributed by atoms with Crippen molar-refractivity contribution in [3.63, 3.8) is 0 Å². The van der Waals surface area contributed by atoms with Gasteiger partial charge in [0, 0.05) is 35.2 Å². The number of nitrogens with zero attached hydrogens (tertiary/aromatic N) is 2. The standard InChI is InChI=1S/C22H26N4O3S/c1-29-22(28)25-21-23-19-7-6-18(14-20(19)24-21)30-17-4-2-16(3-5-17)26-11-8-15(9-12-26)10-13-27/h2-7,14-15,27H,8-13H2,1H3,(H2,23,24,25,28). The van der Waals surface area contributed by atoms with E-state index in [1.165, 1.54) is 17.7 Å². The maximum Gasteiger partial charge on any atom is 0.413 e. The molecule has 0 spiro atoms. The lowest BCUT2D eigenvalue weighted by atomic mass is 9.93. The minimum absolute atomic E-state index is 0.296. The van der Waals surface area contributed by atoms with Gasteiger partial charge in [-0.3, -0.25) is 5.32 Å². The van der Waals surface area contributed by atoms with E-state index in [1.54, 1.807) is 11.8 Å². The lowest BCUT2D eigenvalue weighted by Crippen LogP contribution is -2.33. The Morgan fingerprint density at radius 2 is 1.97 bits per heavy atom. The van der Waals surface area contributed by atoms with Crippen LogP contribution in [-0.2, 0) is 4.74 Å². The molecule has 7 nitrogen and oxygen atoms in total. The van der Waals surface area contributed by atoms with E-state index in [0.29, 0.717) is 18.5 Å². The number of aromatic nitrogens is 2. The predicted molar refractivity (Wildman–Crippen MR) is 119 cm³/mol. The van der Waals surface area contributed by atoms with Crippen molar-refractivity contribution in [1.82, 2.24) is 9.97 Å². The number of carbonyl (C=O) groups is 1. The van der Waals surface area contributed by atoms with Crippen LogP contribution in [0.5, 0.6) is 0 Å². The Hall–Kier alpha value is -2.71. The molecule has 0 aliphatic carbocycles. The molecule has 8 heteroatoms. The number of fused-ring (bicyclic) bond motifs is 1. The second-order valence-electron chi connectivity index (χ2n) is 7.42. The third-order valence-corrected chi connectivity index (χ3v) is 6.45. The van der Waals surface area contributed by atoms with Crippen LogP contribution in [0.1, 0.15) is 19.3 Å². The fraction of sp³-hybridized carbons (Fsp3) is 0.364. The number of methoxy groups -OCH3 is 1. The number of hydrogen-bond acceptors (Lipinski definition) is 6. The third-order valence-electron chi connectivity index (χ3n) is 5.45. The van der Waals surface area contributed by atoms with Gasteiger partial charge in [-0.2, -0.15) is 0 Å². The molecule has 3 N–H and O–H groups in total. The highest BCUT2D eigenvalue weighted by Gasteiger charge is 2.19. The number of anilines is 2. The highest BCUT2D eigenvalue weighted by molar-refractivity contribution is 7.99. The highest BCUT2D eigenvalue weighted by atomic mass is 32.2. The number of benzene rings is 2. The van der Waals surface area contributed by atoms with E-state index in [0.717, 1.165) is 48.3 Å². The third kappa shape index (κ3) is 4.88. The summed E-state index contributed by atoms with van der Waals surface area (Å²) < 4.78 is 4.59. The van der Waals surface area contributed by atoms with Crippen molar-refractivity contribution in [2.45, 2.75) is 29.1 Å². The number of aromatic amines is 1. The smallest absolute Gasteiger partial charge is 0.413 e. The van der Waals surface area contributed by atoms with Crippen LogP contribution in [-0.4, -0.2) is 48.0 Å². The molecule has 30 heavy (non-hydrogen) atoms. The zero-order valence-electron chi connectivity index (χ0n) is 16.9. The van der Waals surface area contributed by atoms with Gasteiger partial charge in [0.25, 0.3) is 0 Å². The van der Waals surface area contributed by atoms with Crippen LogP contribution in [0.2, 0.25) is 0 Å². The van der Waals surface area contributed by atoms with Crippen LogP contribution in [0.4, 0.5) is 16.4 Å². The normalized spacial score (nSPS) is 14.8. The first kappa shape index (κ1) is 20.6. The summed E-state index contributed by atoms with van der Waals surface area (Å²) in [6, 6.07) is 14.7. The quantitative estimate of drug-likeness (QED) is 0.538. The molecule has 0 atom stereocenters. The zero-order chi connectivity index (χ0) is 20.9. The second-order valence-corrected chi connectivity index (χ2v) is 8.57. The van der Waals surface area contributed by atoms with Crippen LogP contribution in [0.15, 0.2) is 52.3 Å². The van der Waals surface area contributed by atoms with E-state index in [2.05, 4.69) is 49.2 Å². The van der Waals surface area contributed by atoms with Gasteiger partial charge in [-0.1, -0.05) is 11.8 Å². The van der Waals surface area contributed by atoms with E-state index in [-0.39, 0.29) is 0 Å². The second kappa shape index (κ2) is 9.40. The van der Waals surface area contributed by atoms with Gasteiger partial charge in [0.15, 0.2) is 0 Å². The topological polar surface area (TPSA) is 90.5 Å². The van der Waals surface area contributed by atoms with Crippen molar-refractivity contribution < 1.29 is 14.6 Å². The van der Waals surface area contributed by atoms with Gasteiger partial charge in [0.05, 0.1) is 18.1 Å². The van der Waals surface area contributed by atoms with Crippen molar-refractivity contribution in [2.24, 2.45) is 5.92 Å². The van der Waals surface area contributed by atoms with Crippen molar-refractivity contribution in [3.05, 3.63) is 42.5 Å². The van der Waals surface area contributed by atoms with Gasteiger partial charge in [-0.05, 0) is 67.6 Å². The molecule has 3 aromatic rings. The number of ether oxygens (including phenoxy) is 1. The summed E-state index contributed by atoms with van der Waals surface area (Å²) >= 11 is 1.69. The van der Waals surface area contributed by atoms with E-state index >= 15 is 0 Å². The van der Waals surface area contributed by atoms with Crippen LogP contribution in [0.25, 0.3) is 11.0 Å². The van der Waals surface area contributed by atoms with Crippen molar-refractivity contribution in [1.29, 1.82) is 0 Å². The molecular weight excluding hydrogens is 400 g/mol. The minimum Gasteiger partial charge on any atom is -0.453 e. The molecule has 0 bridgehead atoms. The van der Waals surface area contributed by atoms with Gasteiger partial charge in [-0.15, -0.1) is 0 Å². The fourth-order valence-corrected chi connectivity index (χ4v) is 4.64. The Morgan fingerprint density at radius 1 is 1.23 bits per heavy atom. The maximum atomic E-state index is 11.3. The lowest BCUT2D eigenvalue weighted by Gasteiger charge is -2.33. The van der Waals surface area contributed by atoms with Gasteiger partial charge < -0.3 is 19.7 Å². The van der Waals surface area contributed by atoms with Crippen LogP contribution in [0.3, 0.4) is 0 Å². The number of carbonyl (C=O) groups excluding carboxylic acids is 1. The molecule has 1 aliphatic heterocycles. The summed E-state index contributed by atoms with van der Waals surface area (Å²) in [5.74, 6) is 1.02. The molecular formula is C22H26N4O3S. The molecule has 4 rings (SSSR count). The summed E-state index contributed by atoms with van der Waals surface area (Å²) in [5.41, 5.74) is 2.89. The van der Waals surface area contributed by atoms with E-state index in [9.17, 15) is 4.79 Å². The molecule has 1 fully saturated rings. The summed E-state index contributed by atoms with van der Waals surface area (Å²) in [6.07, 6.45) is 2.66. The van der Waals surface area contributed by atoms with Crippen molar-refractivity contribution in [3.8, 4) is 0 Å². The Labute approximate surface area is 179 Å². The van der Waals surface area contributed by atoms with E-state index < -0.39 is 6.09 Å².